The van der Waals surface area contributed by atoms with Crippen molar-refractivity contribution in [3.05, 3.63) is 89.5 Å². The van der Waals surface area contributed by atoms with E-state index >= 15 is 0 Å². The number of nitrogens with one attached hydrogen (secondary N) is 1. The van der Waals surface area contributed by atoms with Crippen LogP contribution in [0.1, 0.15) is 28.4 Å². The number of hydrogen-bond donors (Lipinski definition) is 1. The van der Waals surface area contributed by atoms with Gasteiger partial charge in [-0.15, -0.1) is 23.5 Å². The van der Waals surface area contributed by atoms with Gasteiger partial charge < -0.3 is 5.32 Å². The van der Waals surface area contributed by atoms with Gasteiger partial charge in [-0.05, 0) is 54.1 Å². The molecule has 0 aliphatic heterocycles. The minimum absolute atomic E-state index is 0.0546. The van der Waals surface area contributed by atoms with Crippen LogP contribution in [0.15, 0.2) is 82.6 Å². The highest BCUT2D eigenvalue weighted by atomic mass is 32.2. The standard InChI is InChI=1S/C23H23NOS2/c1-3-26-22-12-8-7-11-20(22)23(25)24-21-14-13-18(15-17(21)2)16-27-19-9-5-4-6-10-19/h4-15H,3,16H2,1-2H3,(H,24,25). The van der Waals surface area contributed by atoms with Crippen molar-refractivity contribution >= 4 is 35.1 Å². The second-order valence-electron chi connectivity index (χ2n) is 6.13. The van der Waals surface area contributed by atoms with Crippen molar-refractivity contribution in [2.75, 3.05) is 11.1 Å². The fourth-order valence-corrected chi connectivity index (χ4v) is 4.43. The first-order chi connectivity index (χ1) is 13.2. The van der Waals surface area contributed by atoms with Gasteiger partial charge in [0.2, 0.25) is 0 Å². The van der Waals surface area contributed by atoms with Crippen molar-refractivity contribution in [1.29, 1.82) is 0 Å². The molecule has 4 heteroatoms. The van der Waals surface area contributed by atoms with Gasteiger partial charge in [0, 0.05) is 21.2 Å². The Labute approximate surface area is 169 Å². The second-order valence-corrected chi connectivity index (χ2v) is 8.49. The highest BCUT2D eigenvalue weighted by Crippen LogP contribution is 2.26. The first-order valence-electron chi connectivity index (χ1n) is 8.98. The average molecular weight is 394 g/mol. The maximum atomic E-state index is 12.7. The monoisotopic (exact) mass is 393 g/mol. The molecule has 2 nitrogen and oxygen atoms in total. The molecule has 0 aromatic heterocycles. The molecule has 0 heterocycles. The predicted molar refractivity (Wildman–Crippen MR) is 118 cm³/mol. The number of carbonyl (C=O) groups is 1. The number of benzene rings is 3. The summed E-state index contributed by atoms with van der Waals surface area (Å²) in [6.07, 6.45) is 0. The number of anilines is 1. The fourth-order valence-electron chi connectivity index (χ4n) is 2.76. The van der Waals surface area contributed by atoms with Gasteiger partial charge in [0.05, 0.1) is 5.56 Å². The number of hydrogen-bond acceptors (Lipinski definition) is 3. The van der Waals surface area contributed by atoms with Gasteiger partial charge in [0.25, 0.3) is 5.91 Å². The van der Waals surface area contributed by atoms with Gasteiger partial charge >= 0.3 is 0 Å². The van der Waals surface area contributed by atoms with E-state index in [1.54, 1.807) is 11.8 Å². The topological polar surface area (TPSA) is 29.1 Å². The van der Waals surface area contributed by atoms with Crippen LogP contribution in [0.2, 0.25) is 0 Å². The molecular formula is C23H23NOS2. The molecule has 3 aromatic carbocycles. The molecular weight excluding hydrogens is 370 g/mol. The summed E-state index contributed by atoms with van der Waals surface area (Å²) in [6, 6.07) is 24.4. The van der Waals surface area contributed by atoms with E-state index in [2.05, 4.69) is 48.6 Å². The van der Waals surface area contributed by atoms with Gasteiger partial charge in [-0.25, -0.2) is 0 Å². The maximum absolute atomic E-state index is 12.7. The van der Waals surface area contributed by atoms with Gasteiger partial charge in [-0.1, -0.05) is 49.4 Å². The number of amides is 1. The Bertz CT molecular complexity index is 909. The largest absolute Gasteiger partial charge is 0.322 e. The van der Waals surface area contributed by atoms with E-state index in [1.165, 1.54) is 10.5 Å². The van der Waals surface area contributed by atoms with Gasteiger partial charge in [0.15, 0.2) is 0 Å². The summed E-state index contributed by atoms with van der Waals surface area (Å²) in [5, 5.41) is 3.07. The number of thioether (sulfide) groups is 2. The van der Waals surface area contributed by atoms with Gasteiger partial charge in [-0.2, -0.15) is 0 Å². The number of rotatable bonds is 7. The van der Waals surface area contributed by atoms with Crippen LogP contribution in [0.3, 0.4) is 0 Å². The second kappa shape index (κ2) is 9.67. The van der Waals surface area contributed by atoms with E-state index in [9.17, 15) is 4.79 Å². The zero-order chi connectivity index (χ0) is 19.1. The third-order valence-corrected chi connectivity index (χ3v) is 6.16. The Morgan fingerprint density at radius 1 is 0.926 bits per heavy atom. The zero-order valence-electron chi connectivity index (χ0n) is 15.6. The van der Waals surface area contributed by atoms with Crippen molar-refractivity contribution in [3.63, 3.8) is 0 Å². The zero-order valence-corrected chi connectivity index (χ0v) is 17.2. The van der Waals surface area contributed by atoms with Crippen molar-refractivity contribution in [3.8, 4) is 0 Å². The van der Waals surface area contributed by atoms with Crippen molar-refractivity contribution < 1.29 is 4.79 Å². The molecule has 1 amide bonds. The molecule has 3 aromatic rings. The molecule has 3 rings (SSSR count). The van der Waals surface area contributed by atoms with E-state index < -0.39 is 0 Å². The van der Waals surface area contributed by atoms with Crippen molar-refractivity contribution in [2.45, 2.75) is 29.4 Å². The smallest absolute Gasteiger partial charge is 0.256 e. The van der Waals surface area contributed by atoms with Crippen LogP contribution in [0.4, 0.5) is 5.69 Å². The minimum atomic E-state index is -0.0546. The Morgan fingerprint density at radius 3 is 2.41 bits per heavy atom. The van der Waals surface area contributed by atoms with Crippen LogP contribution < -0.4 is 5.32 Å². The molecule has 138 valence electrons. The molecule has 0 spiro atoms. The lowest BCUT2D eigenvalue weighted by Gasteiger charge is -2.12. The lowest BCUT2D eigenvalue weighted by atomic mass is 10.1. The molecule has 0 atom stereocenters. The molecule has 1 N–H and O–H groups in total. The summed E-state index contributed by atoms with van der Waals surface area (Å²) in [4.78, 5) is 15.0. The summed E-state index contributed by atoms with van der Waals surface area (Å²) >= 11 is 3.50. The third-order valence-electron chi connectivity index (χ3n) is 4.12. The third kappa shape index (κ3) is 5.41. The quantitative estimate of drug-likeness (QED) is 0.456. The van der Waals surface area contributed by atoms with Crippen LogP contribution in [0.5, 0.6) is 0 Å². The molecule has 0 radical (unpaired) electrons. The van der Waals surface area contributed by atoms with Crippen LogP contribution in [0, 0.1) is 6.92 Å². The lowest BCUT2D eigenvalue weighted by Crippen LogP contribution is -2.14. The molecule has 27 heavy (non-hydrogen) atoms. The molecule has 0 aliphatic rings. The SMILES string of the molecule is CCSc1ccccc1C(=O)Nc1ccc(CSc2ccccc2)cc1C. The maximum Gasteiger partial charge on any atom is 0.256 e. The molecule has 0 aliphatic carbocycles. The predicted octanol–water partition coefficient (Wildman–Crippen LogP) is 6.65. The average Bonchev–Trinajstić information content (AvgIpc) is 2.69. The van der Waals surface area contributed by atoms with E-state index in [4.69, 9.17) is 0 Å². The Morgan fingerprint density at radius 2 is 1.67 bits per heavy atom. The summed E-state index contributed by atoms with van der Waals surface area (Å²) in [6.45, 7) is 4.13. The molecule has 0 fully saturated rings. The highest BCUT2D eigenvalue weighted by molar-refractivity contribution is 7.99. The molecule has 0 bridgehead atoms. The van der Waals surface area contributed by atoms with E-state index in [0.717, 1.165) is 33.2 Å². The Hall–Kier alpha value is -2.17. The molecule has 0 saturated heterocycles. The molecule has 0 unspecified atom stereocenters. The van der Waals surface area contributed by atoms with E-state index in [1.807, 2.05) is 55.1 Å². The fraction of sp³-hybridized carbons (Fsp3) is 0.174. The van der Waals surface area contributed by atoms with Crippen molar-refractivity contribution in [1.82, 2.24) is 0 Å². The van der Waals surface area contributed by atoms with E-state index in [-0.39, 0.29) is 5.91 Å². The minimum Gasteiger partial charge on any atom is -0.322 e. The number of aryl methyl sites for hydroxylation is 1. The summed E-state index contributed by atoms with van der Waals surface area (Å²) < 4.78 is 0. The van der Waals surface area contributed by atoms with Crippen molar-refractivity contribution in [2.24, 2.45) is 0 Å². The summed E-state index contributed by atoms with van der Waals surface area (Å²) in [5.74, 6) is 1.80. The van der Waals surface area contributed by atoms with Crippen LogP contribution in [-0.2, 0) is 5.75 Å². The van der Waals surface area contributed by atoms with E-state index in [0.29, 0.717) is 0 Å². The Kier molecular flexibility index (Phi) is 7.02. The normalized spacial score (nSPS) is 10.6. The summed E-state index contributed by atoms with van der Waals surface area (Å²) in [5.41, 5.74) is 3.92. The van der Waals surface area contributed by atoms with Crippen LogP contribution in [0.25, 0.3) is 0 Å². The first kappa shape index (κ1) is 19.6. The highest BCUT2D eigenvalue weighted by Gasteiger charge is 2.12. The first-order valence-corrected chi connectivity index (χ1v) is 10.9. The van der Waals surface area contributed by atoms with Gasteiger partial charge in [-0.3, -0.25) is 4.79 Å². The number of carbonyl (C=O) groups excluding carboxylic acids is 1. The van der Waals surface area contributed by atoms with Gasteiger partial charge in [0.1, 0.15) is 0 Å². The van der Waals surface area contributed by atoms with Crippen LogP contribution in [-0.4, -0.2) is 11.7 Å². The summed E-state index contributed by atoms with van der Waals surface area (Å²) in [7, 11) is 0. The van der Waals surface area contributed by atoms with Crippen LogP contribution >= 0.6 is 23.5 Å². The molecule has 0 saturated carbocycles. The Balaban J connectivity index is 1.68. The lowest BCUT2D eigenvalue weighted by molar-refractivity contribution is 0.102.